The zero-order valence-electron chi connectivity index (χ0n) is 5.71. The van der Waals surface area contributed by atoms with Crippen molar-refractivity contribution in [3.05, 3.63) is 0 Å². The third-order valence-corrected chi connectivity index (χ3v) is 1.03. The summed E-state index contributed by atoms with van der Waals surface area (Å²) in [5.74, 6) is 0. The smallest absolute Gasteiger partial charge is 0.0662 e. The minimum absolute atomic E-state index is 0.125. The zero-order valence-corrected chi connectivity index (χ0v) is 5.71. The van der Waals surface area contributed by atoms with E-state index in [1.165, 1.54) is 6.42 Å². The van der Waals surface area contributed by atoms with Crippen LogP contribution in [-0.2, 0) is 4.74 Å². The van der Waals surface area contributed by atoms with Gasteiger partial charge >= 0.3 is 0 Å². The maximum Gasteiger partial charge on any atom is 0.0662 e. The van der Waals surface area contributed by atoms with Crippen LogP contribution in [0.1, 0.15) is 13.3 Å². The van der Waals surface area contributed by atoms with Gasteiger partial charge in [-0.15, -0.1) is 0 Å². The van der Waals surface area contributed by atoms with Crippen LogP contribution in [0.15, 0.2) is 0 Å². The Balaban J connectivity index is 0.000000148. The number of aliphatic hydroxyl groups excluding tert-OH is 2. The van der Waals surface area contributed by atoms with Gasteiger partial charge in [-0.2, -0.15) is 0 Å². The molecule has 1 aliphatic heterocycles. The van der Waals surface area contributed by atoms with Crippen LogP contribution < -0.4 is 0 Å². The second-order valence-corrected chi connectivity index (χ2v) is 1.92. The lowest BCUT2D eigenvalue weighted by molar-refractivity contribution is -0.0375. The maximum atomic E-state index is 7.62. The Kier molecular flexibility index (Phi) is 5.93. The van der Waals surface area contributed by atoms with Gasteiger partial charge < -0.3 is 14.9 Å². The Morgan fingerprint density at radius 2 is 1.78 bits per heavy atom. The fraction of sp³-hybridized carbons (Fsp3) is 1.00. The molecule has 1 rings (SSSR count). The molecule has 56 valence electrons. The van der Waals surface area contributed by atoms with E-state index >= 15 is 0 Å². The fourth-order valence-corrected chi connectivity index (χ4v) is 0.354. The molecule has 1 unspecified atom stereocenters. The van der Waals surface area contributed by atoms with Gasteiger partial charge in [0, 0.05) is 6.61 Å². The van der Waals surface area contributed by atoms with Crippen LogP contribution in [0.4, 0.5) is 0 Å². The minimum atomic E-state index is -0.125. The van der Waals surface area contributed by atoms with Crippen LogP contribution in [0.5, 0.6) is 0 Å². The average molecular weight is 134 g/mol. The molecule has 2 N–H and O–H groups in total. The molecule has 0 aliphatic carbocycles. The first-order valence-corrected chi connectivity index (χ1v) is 3.14. The van der Waals surface area contributed by atoms with Crippen LogP contribution in [-0.4, -0.2) is 36.1 Å². The molecule has 9 heavy (non-hydrogen) atoms. The molecule has 0 aromatic rings. The molecule has 0 spiro atoms. The molecular weight excluding hydrogens is 120 g/mol. The molecule has 3 heteroatoms. The standard InChI is InChI=1S/C4H8O.C2H6O2/c1-4-2-3-5-4;3-1-2-4/h4H,2-3H2,1H3;3-4H,1-2H2. The number of rotatable bonds is 1. The summed E-state index contributed by atoms with van der Waals surface area (Å²) in [6.45, 7) is 2.82. The van der Waals surface area contributed by atoms with E-state index in [1.807, 2.05) is 0 Å². The van der Waals surface area contributed by atoms with E-state index in [0.29, 0.717) is 6.10 Å². The van der Waals surface area contributed by atoms with Crippen molar-refractivity contribution < 1.29 is 14.9 Å². The summed E-state index contributed by atoms with van der Waals surface area (Å²) in [7, 11) is 0. The summed E-state index contributed by atoms with van der Waals surface area (Å²) in [6, 6.07) is 0. The van der Waals surface area contributed by atoms with E-state index in [4.69, 9.17) is 14.9 Å². The molecule has 1 aliphatic rings. The summed E-state index contributed by atoms with van der Waals surface area (Å²) in [4.78, 5) is 0. The van der Waals surface area contributed by atoms with Crippen LogP contribution in [0.25, 0.3) is 0 Å². The highest BCUT2D eigenvalue weighted by atomic mass is 16.5. The van der Waals surface area contributed by atoms with E-state index in [-0.39, 0.29) is 13.2 Å². The molecule has 0 bridgehead atoms. The molecule has 1 fully saturated rings. The predicted molar refractivity (Wildman–Crippen MR) is 34.2 cm³/mol. The molecule has 0 aromatic heterocycles. The first-order valence-electron chi connectivity index (χ1n) is 3.14. The fourth-order valence-electron chi connectivity index (χ4n) is 0.354. The Hall–Kier alpha value is -0.120. The zero-order chi connectivity index (χ0) is 7.11. The summed E-state index contributed by atoms with van der Waals surface area (Å²) in [5.41, 5.74) is 0. The molecule has 0 aromatic carbocycles. The topological polar surface area (TPSA) is 49.7 Å². The van der Waals surface area contributed by atoms with E-state index in [9.17, 15) is 0 Å². The van der Waals surface area contributed by atoms with Gasteiger partial charge in [-0.3, -0.25) is 0 Å². The second-order valence-electron chi connectivity index (χ2n) is 1.92. The second kappa shape index (κ2) is 6.01. The van der Waals surface area contributed by atoms with Gasteiger partial charge in [0.2, 0.25) is 0 Å². The maximum absolute atomic E-state index is 7.62. The summed E-state index contributed by atoms with van der Waals surface area (Å²) in [6.07, 6.45) is 1.83. The quantitative estimate of drug-likeness (QED) is 0.520. The number of hydrogen-bond donors (Lipinski definition) is 2. The van der Waals surface area contributed by atoms with E-state index in [2.05, 4.69) is 6.92 Å². The SMILES string of the molecule is CC1CCO1.OCCO. The van der Waals surface area contributed by atoms with Crippen molar-refractivity contribution in [2.45, 2.75) is 19.4 Å². The van der Waals surface area contributed by atoms with E-state index < -0.39 is 0 Å². The van der Waals surface area contributed by atoms with Crippen LogP contribution in [0.2, 0.25) is 0 Å². The molecule has 1 saturated heterocycles. The van der Waals surface area contributed by atoms with Crippen LogP contribution in [0, 0.1) is 0 Å². The van der Waals surface area contributed by atoms with Gasteiger partial charge in [-0.1, -0.05) is 0 Å². The number of ether oxygens (including phenoxy) is 1. The molecule has 0 radical (unpaired) electrons. The van der Waals surface area contributed by atoms with Crippen molar-refractivity contribution in [2.24, 2.45) is 0 Å². The van der Waals surface area contributed by atoms with Gasteiger partial charge in [0.15, 0.2) is 0 Å². The van der Waals surface area contributed by atoms with Crippen molar-refractivity contribution in [3.8, 4) is 0 Å². The molecule has 1 atom stereocenters. The average Bonchev–Trinajstić information content (AvgIpc) is 1.84. The van der Waals surface area contributed by atoms with Crippen molar-refractivity contribution in [1.82, 2.24) is 0 Å². The van der Waals surface area contributed by atoms with Crippen LogP contribution >= 0.6 is 0 Å². The third-order valence-electron chi connectivity index (χ3n) is 1.03. The van der Waals surface area contributed by atoms with Gasteiger partial charge in [-0.25, -0.2) is 0 Å². The van der Waals surface area contributed by atoms with E-state index in [0.717, 1.165) is 6.61 Å². The van der Waals surface area contributed by atoms with Gasteiger partial charge in [0.05, 0.1) is 19.3 Å². The van der Waals surface area contributed by atoms with Crippen molar-refractivity contribution in [1.29, 1.82) is 0 Å². The first kappa shape index (κ1) is 8.88. The number of aliphatic hydroxyl groups is 2. The lowest BCUT2D eigenvalue weighted by Gasteiger charge is -2.20. The Morgan fingerprint density at radius 1 is 1.44 bits per heavy atom. The molecular formula is C6H14O3. The lowest BCUT2D eigenvalue weighted by Crippen LogP contribution is -2.22. The van der Waals surface area contributed by atoms with Gasteiger partial charge in [-0.05, 0) is 13.3 Å². The van der Waals surface area contributed by atoms with Crippen molar-refractivity contribution >= 4 is 0 Å². The normalized spacial score (nSPS) is 23.7. The minimum Gasteiger partial charge on any atom is -0.394 e. The van der Waals surface area contributed by atoms with Gasteiger partial charge in [0.1, 0.15) is 0 Å². The Bertz CT molecular complexity index is 50.3. The number of hydrogen-bond acceptors (Lipinski definition) is 3. The highest BCUT2D eigenvalue weighted by Crippen LogP contribution is 2.07. The summed E-state index contributed by atoms with van der Waals surface area (Å²) >= 11 is 0. The molecule has 0 amide bonds. The lowest BCUT2D eigenvalue weighted by atomic mass is 10.2. The molecule has 3 nitrogen and oxygen atoms in total. The van der Waals surface area contributed by atoms with Gasteiger partial charge in [0.25, 0.3) is 0 Å². The van der Waals surface area contributed by atoms with Crippen molar-refractivity contribution in [3.63, 3.8) is 0 Å². The molecule has 1 heterocycles. The first-order chi connectivity index (χ1) is 4.31. The highest BCUT2D eigenvalue weighted by molar-refractivity contribution is 4.57. The summed E-state index contributed by atoms with van der Waals surface area (Å²) < 4.78 is 4.93. The Labute approximate surface area is 55.3 Å². The third kappa shape index (κ3) is 5.76. The molecule has 0 saturated carbocycles. The largest absolute Gasteiger partial charge is 0.394 e. The van der Waals surface area contributed by atoms with Crippen LogP contribution in [0.3, 0.4) is 0 Å². The summed E-state index contributed by atoms with van der Waals surface area (Å²) in [5, 5.41) is 15.2. The highest BCUT2D eigenvalue weighted by Gasteiger charge is 2.09. The Morgan fingerprint density at radius 3 is 1.78 bits per heavy atom. The van der Waals surface area contributed by atoms with Crippen molar-refractivity contribution in [2.75, 3.05) is 19.8 Å². The predicted octanol–water partition coefficient (Wildman–Crippen LogP) is -0.234. The van der Waals surface area contributed by atoms with E-state index in [1.54, 1.807) is 0 Å². The monoisotopic (exact) mass is 134 g/mol.